The fourth-order valence-electron chi connectivity index (χ4n) is 1.83. The lowest BCUT2D eigenvalue weighted by Gasteiger charge is -2.06. The number of pyridine rings is 1. The summed E-state index contributed by atoms with van der Waals surface area (Å²) in [4.78, 5) is 4.34. The Morgan fingerprint density at radius 2 is 1.89 bits per heavy atom. The van der Waals surface area contributed by atoms with Gasteiger partial charge in [-0.1, -0.05) is 6.07 Å². The van der Waals surface area contributed by atoms with E-state index in [0.717, 1.165) is 10.9 Å². The van der Waals surface area contributed by atoms with Gasteiger partial charge < -0.3 is 10.5 Å². The quantitative estimate of drug-likeness (QED) is 0.708. The molecule has 0 saturated carbocycles. The van der Waals surface area contributed by atoms with E-state index < -0.39 is 0 Å². The molecule has 0 fully saturated rings. The summed E-state index contributed by atoms with van der Waals surface area (Å²) < 4.78 is 18.6. The highest BCUT2D eigenvalue weighted by molar-refractivity contribution is 5.82. The maximum Gasteiger partial charge on any atom is 0.219 e. The molecular weight excluding hydrogens is 243 g/mol. The number of hydrogen-bond acceptors (Lipinski definition) is 3. The number of hydrogen-bond donors (Lipinski definition) is 1. The number of nitrogen functional groups attached to an aromatic ring is 1. The molecule has 0 aliphatic rings. The molecule has 0 aliphatic carbocycles. The number of halogens is 1. The molecule has 3 rings (SSSR count). The number of benzene rings is 2. The lowest BCUT2D eigenvalue weighted by Crippen LogP contribution is -1.90. The molecule has 19 heavy (non-hydrogen) atoms. The van der Waals surface area contributed by atoms with Crippen LogP contribution in [-0.2, 0) is 0 Å². The van der Waals surface area contributed by atoms with Gasteiger partial charge in [0.05, 0.1) is 5.52 Å². The fourth-order valence-corrected chi connectivity index (χ4v) is 1.83. The topological polar surface area (TPSA) is 48.1 Å². The predicted octanol–water partition coefficient (Wildman–Crippen LogP) is 3.75. The minimum absolute atomic E-state index is 0.342. The highest BCUT2D eigenvalue weighted by Crippen LogP contribution is 2.23. The summed E-state index contributed by atoms with van der Waals surface area (Å²) in [5.41, 5.74) is 7.17. The van der Waals surface area contributed by atoms with Crippen LogP contribution in [-0.4, -0.2) is 4.98 Å². The molecule has 1 aromatic heterocycles. The summed E-state index contributed by atoms with van der Waals surface area (Å²) >= 11 is 0. The van der Waals surface area contributed by atoms with Gasteiger partial charge in [-0.15, -0.1) is 0 Å². The molecule has 0 radical (unpaired) electrons. The predicted molar refractivity (Wildman–Crippen MR) is 72.6 cm³/mol. The Bertz CT molecular complexity index is 743. The van der Waals surface area contributed by atoms with E-state index in [2.05, 4.69) is 4.98 Å². The molecule has 0 atom stereocenters. The van der Waals surface area contributed by atoms with Crippen molar-refractivity contribution in [3.63, 3.8) is 0 Å². The minimum Gasteiger partial charge on any atom is -0.439 e. The highest BCUT2D eigenvalue weighted by atomic mass is 19.1. The van der Waals surface area contributed by atoms with Gasteiger partial charge in [0.15, 0.2) is 0 Å². The van der Waals surface area contributed by atoms with E-state index in [-0.39, 0.29) is 5.82 Å². The second kappa shape index (κ2) is 4.57. The Labute approximate surface area is 109 Å². The second-order valence-corrected chi connectivity index (χ2v) is 4.16. The lowest BCUT2D eigenvalue weighted by atomic mass is 10.2. The van der Waals surface area contributed by atoms with Crippen LogP contribution in [0.25, 0.3) is 10.9 Å². The van der Waals surface area contributed by atoms with E-state index in [4.69, 9.17) is 10.5 Å². The third kappa shape index (κ3) is 2.47. The Morgan fingerprint density at radius 3 is 2.74 bits per heavy atom. The van der Waals surface area contributed by atoms with Crippen LogP contribution in [0.1, 0.15) is 0 Å². The SMILES string of the molecule is Nc1ccc2nc(Oc3cccc(F)c3)ccc2c1. The first-order chi connectivity index (χ1) is 9.20. The van der Waals surface area contributed by atoms with E-state index >= 15 is 0 Å². The first-order valence-electron chi connectivity index (χ1n) is 5.80. The van der Waals surface area contributed by atoms with Crippen LogP contribution in [0, 0.1) is 5.82 Å². The molecule has 2 aromatic carbocycles. The Morgan fingerprint density at radius 1 is 1.00 bits per heavy atom. The zero-order chi connectivity index (χ0) is 13.2. The van der Waals surface area contributed by atoms with Gasteiger partial charge in [0, 0.05) is 23.2 Å². The molecule has 0 amide bonds. The second-order valence-electron chi connectivity index (χ2n) is 4.16. The van der Waals surface area contributed by atoms with Crippen molar-refractivity contribution >= 4 is 16.6 Å². The molecular formula is C15H11FN2O. The average molecular weight is 254 g/mol. The molecule has 2 N–H and O–H groups in total. The molecule has 1 heterocycles. The number of ether oxygens (including phenoxy) is 1. The maximum absolute atomic E-state index is 13.1. The van der Waals surface area contributed by atoms with Crippen molar-refractivity contribution in [1.82, 2.24) is 4.98 Å². The third-order valence-electron chi connectivity index (χ3n) is 2.71. The number of fused-ring (bicyclic) bond motifs is 1. The lowest BCUT2D eigenvalue weighted by molar-refractivity contribution is 0.460. The van der Waals surface area contributed by atoms with E-state index in [1.807, 2.05) is 18.2 Å². The van der Waals surface area contributed by atoms with Gasteiger partial charge in [0.25, 0.3) is 0 Å². The maximum atomic E-state index is 13.1. The molecule has 3 nitrogen and oxygen atoms in total. The van der Waals surface area contributed by atoms with Crippen LogP contribution in [0.5, 0.6) is 11.6 Å². The zero-order valence-electron chi connectivity index (χ0n) is 10.0. The van der Waals surface area contributed by atoms with E-state index in [9.17, 15) is 4.39 Å². The molecule has 0 saturated heterocycles. The number of nitrogens with two attached hydrogens (primary N) is 1. The smallest absolute Gasteiger partial charge is 0.219 e. The minimum atomic E-state index is -0.342. The molecule has 3 aromatic rings. The van der Waals surface area contributed by atoms with Crippen molar-refractivity contribution in [2.75, 3.05) is 5.73 Å². The van der Waals surface area contributed by atoms with Crippen LogP contribution < -0.4 is 10.5 Å². The Balaban J connectivity index is 1.95. The molecule has 4 heteroatoms. The number of nitrogens with zero attached hydrogens (tertiary/aromatic N) is 1. The normalized spacial score (nSPS) is 10.6. The van der Waals surface area contributed by atoms with E-state index in [0.29, 0.717) is 17.3 Å². The Kier molecular flexibility index (Phi) is 2.76. The standard InChI is InChI=1S/C15H11FN2O/c16-11-2-1-3-13(9-11)19-15-7-4-10-8-12(17)5-6-14(10)18-15/h1-9H,17H2. The number of rotatable bonds is 2. The summed E-state index contributed by atoms with van der Waals surface area (Å²) in [6.45, 7) is 0. The van der Waals surface area contributed by atoms with Gasteiger partial charge in [-0.25, -0.2) is 9.37 Å². The van der Waals surface area contributed by atoms with E-state index in [1.54, 1.807) is 24.3 Å². The van der Waals surface area contributed by atoms with Crippen LogP contribution in [0.4, 0.5) is 10.1 Å². The van der Waals surface area contributed by atoms with Crippen molar-refractivity contribution in [3.8, 4) is 11.6 Å². The Hall–Kier alpha value is -2.62. The van der Waals surface area contributed by atoms with Gasteiger partial charge >= 0.3 is 0 Å². The summed E-state index contributed by atoms with van der Waals surface area (Å²) in [6, 6.07) is 15.0. The number of aromatic nitrogens is 1. The van der Waals surface area contributed by atoms with Crippen LogP contribution in [0.2, 0.25) is 0 Å². The number of anilines is 1. The van der Waals surface area contributed by atoms with Crippen LogP contribution in [0.3, 0.4) is 0 Å². The molecule has 0 aliphatic heterocycles. The zero-order valence-corrected chi connectivity index (χ0v) is 10.0. The van der Waals surface area contributed by atoms with Crippen molar-refractivity contribution in [2.24, 2.45) is 0 Å². The summed E-state index contributed by atoms with van der Waals surface area (Å²) in [5.74, 6) is 0.497. The van der Waals surface area contributed by atoms with Crippen molar-refractivity contribution in [1.29, 1.82) is 0 Å². The molecule has 0 spiro atoms. The van der Waals surface area contributed by atoms with Gasteiger partial charge in [0.2, 0.25) is 5.88 Å². The fraction of sp³-hybridized carbons (Fsp3) is 0. The summed E-state index contributed by atoms with van der Waals surface area (Å²) in [7, 11) is 0. The van der Waals surface area contributed by atoms with Crippen LogP contribution >= 0.6 is 0 Å². The first-order valence-corrected chi connectivity index (χ1v) is 5.80. The van der Waals surface area contributed by atoms with Crippen molar-refractivity contribution in [2.45, 2.75) is 0 Å². The van der Waals surface area contributed by atoms with Crippen molar-refractivity contribution in [3.05, 3.63) is 60.4 Å². The monoisotopic (exact) mass is 254 g/mol. The molecule has 0 bridgehead atoms. The summed E-state index contributed by atoms with van der Waals surface area (Å²) in [5, 5.41) is 0.937. The molecule has 94 valence electrons. The van der Waals surface area contributed by atoms with Crippen molar-refractivity contribution < 1.29 is 9.13 Å². The summed E-state index contributed by atoms with van der Waals surface area (Å²) in [6.07, 6.45) is 0. The van der Waals surface area contributed by atoms with Gasteiger partial charge in [-0.3, -0.25) is 0 Å². The van der Waals surface area contributed by atoms with Gasteiger partial charge in [0.1, 0.15) is 11.6 Å². The average Bonchev–Trinajstić information content (AvgIpc) is 2.39. The van der Waals surface area contributed by atoms with Gasteiger partial charge in [-0.2, -0.15) is 0 Å². The largest absolute Gasteiger partial charge is 0.439 e. The van der Waals surface area contributed by atoms with Gasteiger partial charge in [-0.05, 0) is 36.4 Å². The highest BCUT2D eigenvalue weighted by Gasteiger charge is 2.02. The first kappa shape index (κ1) is 11.5. The van der Waals surface area contributed by atoms with Crippen LogP contribution in [0.15, 0.2) is 54.6 Å². The van der Waals surface area contributed by atoms with E-state index in [1.165, 1.54) is 12.1 Å². The third-order valence-corrected chi connectivity index (χ3v) is 2.71. The molecule has 0 unspecified atom stereocenters.